The summed E-state index contributed by atoms with van der Waals surface area (Å²) in [6.45, 7) is 8.67. The van der Waals surface area contributed by atoms with Crippen molar-refractivity contribution < 1.29 is 4.74 Å². The van der Waals surface area contributed by atoms with Gasteiger partial charge in [-0.15, -0.1) is 24.0 Å². The first-order chi connectivity index (χ1) is 9.58. The van der Waals surface area contributed by atoms with Gasteiger partial charge in [0.15, 0.2) is 5.96 Å². The van der Waals surface area contributed by atoms with Crippen LogP contribution in [0.5, 0.6) is 5.75 Å². The van der Waals surface area contributed by atoms with E-state index in [0.29, 0.717) is 25.0 Å². The zero-order valence-corrected chi connectivity index (χ0v) is 15.6. The maximum atomic E-state index is 5.77. The van der Waals surface area contributed by atoms with Gasteiger partial charge >= 0.3 is 0 Å². The molecule has 1 aromatic rings. The lowest BCUT2D eigenvalue weighted by Crippen LogP contribution is -2.33. The van der Waals surface area contributed by atoms with E-state index in [4.69, 9.17) is 10.5 Å². The number of hydrogen-bond donors (Lipinski definition) is 2. The Kier molecular flexibility index (Phi) is 11.1. The van der Waals surface area contributed by atoms with Crippen molar-refractivity contribution in [3.8, 4) is 5.75 Å². The summed E-state index contributed by atoms with van der Waals surface area (Å²) in [5.41, 5.74) is 7.01. The second-order valence-electron chi connectivity index (χ2n) is 5.39. The molecule has 0 aliphatic carbocycles. The van der Waals surface area contributed by atoms with E-state index < -0.39 is 0 Å². The third-order valence-corrected chi connectivity index (χ3v) is 2.90. The lowest BCUT2D eigenvalue weighted by molar-refractivity contribution is 0.313. The average molecular weight is 405 g/mol. The Bertz CT molecular complexity index is 404. The third kappa shape index (κ3) is 10.4. The summed E-state index contributed by atoms with van der Waals surface area (Å²) >= 11 is 0. The van der Waals surface area contributed by atoms with Crippen molar-refractivity contribution in [2.24, 2.45) is 16.6 Å². The summed E-state index contributed by atoms with van der Waals surface area (Å²) in [4.78, 5) is 4.27. The number of rotatable bonds is 8. The summed E-state index contributed by atoms with van der Waals surface area (Å²) in [6, 6.07) is 8.06. The summed E-state index contributed by atoms with van der Waals surface area (Å²) < 4.78 is 5.62. The number of ether oxygens (including phenoxy) is 1. The number of halogens is 1. The lowest BCUT2D eigenvalue weighted by Gasteiger charge is -2.08. The number of nitrogens with zero attached hydrogens (tertiary/aromatic N) is 1. The van der Waals surface area contributed by atoms with E-state index in [0.717, 1.165) is 25.1 Å². The van der Waals surface area contributed by atoms with Crippen molar-refractivity contribution >= 4 is 29.9 Å². The molecule has 0 heterocycles. The van der Waals surface area contributed by atoms with Gasteiger partial charge in [0, 0.05) is 19.5 Å². The number of benzene rings is 1. The molecular formula is C16H28IN3O. The Morgan fingerprint density at radius 1 is 1.29 bits per heavy atom. The molecule has 0 saturated carbocycles. The molecule has 0 amide bonds. The fourth-order valence-corrected chi connectivity index (χ4v) is 1.63. The van der Waals surface area contributed by atoms with Crippen molar-refractivity contribution in [3.63, 3.8) is 0 Å². The normalized spacial score (nSPS) is 11.1. The molecule has 0 aliphatic rings. The molecule has 0 atom stereocenters. The Balaban J connectivity index is 0.00000400. The Labute approximate surface area is 145 Å². The number of nitrogens with two attached hydrogens (primary N) is 1. The van der Waals surface area contributed by atoms with Gasteiger partial charge in [0.25, 0.3) is 0 Å². The minimum Gasteiger partial charge on any atom is -0.494 e. The molecule has 0 saturated heterocycles. The van der Waals surface area contributed by atoms with Gasteiger partial charge in [-0.1, -0.05) is 31.5 Å². The lowest BCUT2D eigenvalue weighted by atomic mass is 10.1. The topological polar surface area (TPSA) is 59.6 Å². The molecule has 3 N–H and O–H groups in total. The van der Waals surface area contributed by atoms with E-state index in [1.54, 1.807) is 0 Å². The largest absolute Gasteiger partial charge is 0.494 e. The number of guanidine groups is 1. The third-order valence-electron chi connectivity index (χ3n) is 2.90. The van der Waals surface area contributed by atoms with E-state index in [1.807, 2.05) is 24.3 Å². The molecule has 0 bridgehead atoms. The highest BCUT2D eigenvalue weighted by Crippen LogP contribution is 2.11. The standard InChI is InChI=1S/C16H27N3O.HI/c1-13(2)9-11-19-16(17)18-10-4-12-20-15-7-5-14(3)6-8-15;/h5-8,13H,4,9-12H2,1-3H3,(H3,17,18,19);1H. The average Bonchev–Trinajstić information content (AvgIpc) is 2.40. The molecule has 0 unspecified atom stereocenters. The zero-order valence-electron chi connectivity index (χ0n) is 13.3. The Morgan fingerprint density at radius 2 is 1.95 bits per heavy atom. The second-order valence-corrected chi connectivity index (χ2v) is 5.39. The molecule has 5 heteroatoms. The van der Waals surface area contributed by atoms with Crippen molar-refractivity contribution in [2.45, 2.75) is 33.6 Å². The monoisotopic (exact) mass is 405 g/mol. The Hall–Kier alpha value is -0.980. The van der Waals surface area contributed by atoms with Gasteiger partial charge in [0.05, 0.1) is 6.61 Å². The molecular weight excluding hydrogens is 377 g/mol. The molecule has 0 aromatic heterocycles. The second kappa shape index (κ2) is 11.7. The van der Waals surface area contributed by atoms with Crippen LogP contribution in [0.15, 0.2) is 29.3 Å². The number of aryl methyl sites for hydroxylation is 1. The van der Waals surface area contributed by atoms with Crippen LogP contribution in [-0.4, -0.2) is 25.7 Å². The maximum Gasteiger partial charge on any atom is 0.188 e. The molecule has 0 fully saturated rings. The van der Waals surface area contributed by atoms with E-state index in [1.165, 1.54) is 5.56 Å². The minimum absolute atomic E-state index is 0. The van der Waals surface area contributed by atoms with Gasteiger partial charge in [-0.25, -0.2) is 0 Å². The SMILES string of the molecule is Cc1ccc(OCCCN=C(N)NCCC(C)C)cc1.I. The van der Waals surface area contributed by atoms with Crippen LogP contribution >= 0.6 is 24.0 Å². The summed E-state index contributed by atoms with van der Waals surface area (Å²) in [5.74, 6) is 2.11. The predicted octanol–water partition coefficient (Wildman–Crippen LogP) is 3.33. The first kappa shape index (κ1) is 20.0. The summed E-state index contributed by atoms with van der Waals surface area (Å²) in [7, 11) is 0. The van der Waals surface area contributed by atoms with Crippen molar-refractivity contribution in [1.82, 2.24) is 5.32 Å². The van der Waals surface area contributed by atoms with E-state index in [9.17, 15) is 0 Å². The van der Waals surface area contributed by atoms with Crippen LogP contribution in [0.4, 0.5) is 0 Å². The quantitative estimate of drug-likeness (QED) is 0.302. The van der Waals surface area contributed by atoms with Crippen molar-refractivity contribution in [3.05, 3.63) is 29.8 Å². The van der Waals surface area contributed by atoms with Crippen LogP contribution in [0.1, 0.15) is 32.3 Å². The van der Waals surface area contributed by atoms with Crippen LogP contribution in [-0.2, 0) is 0 Å². The van der Waals surface area contributed by atoms with Crippen LogP contribution in [0.2, 0.25) is 0 Å². The highest BCUT2D eigenvalue weighted by Gasteiger charge is 1.96. The summed E-state index contributed by atoms with van der Waals surface area (Å²) in [5, 5.41) is 3.12. The van der Waals surface area contributed by atoms with E-state index in [-0.39, 0.29) is 24.0 Å². The molecule has 120 valence electrons. The minimum atomic E-state index is 0. The fourth-order valence-electron chi connectivity index (χ4n) is 1.63. The highest BCUT2D eigenvalue weighted by molar-refractivity contribution is 14.0. The molecule has 21 heavy (non-hydrogen) atoms. The van der Waals surface area contributed by atoms with Gasteiger partial charge in [-0.3, -0.25) is 4.99 Å². The van der Waals surface area contributed by atoms with Crippen LogP contribution in [0.25, 0.3) is 0 Å². The molecule has 1 aromatic carbocycles. The van der Waals surface area contributed by atoms with Crippen LogP contribution in [0, 0.1) is 12.8 Å². The van der Waals surface area contributed by atoms with Gasteiger partial charge in [-0.05, 0) is 31.4 Å². The highest BCUT2D eigenvalue weighted by atomic mass is 127. The zero-order chi connectivity index (χ0) is 14.8. The molecule has 1 rings (SSSR count). The molecule has 0 radical (unpaired) electrons. The van der Waals surface area contributed by atoms with Crippen molar-refractivity contribution in [1.29, 1.82) is 0 Å². The summed E-state index contributed by atoms with van der Waals surface area (Å²) in [6.07, 6.45) is 1.97. The predicted molar refractivity (Wildman–Crippen MR) is 101 cm³/mol. The number of hydrogen-bond acceptors (Lipinski definition) is 2. The van der Waals surface area contributed by atoms with E-state index >= 15 is 0 Å². The van der Waals surface area contributed by atoms with Crippen molar-refractivity contribution in [2.75, 3.05) is 19.7 Å². The maximum absolute atomic E-state index is 5.77. The first-order valence-electron chi connectivity index (χ1n) is 7.31. The molecule has 0 aliphatic heterocycles. The molecule has 0 spiro atoms. The number of aliphatic imine (C=N–C) groups is 1. The molecule has 4 nitrogen and oxygen atoms in total. The van der Waals surface area contributed by atoms with Gasteiger partial charge < -0.3 is 15.8 Å². The van der Waals surface area contributed by atoms with Gasteiger partial charge in [0.2, 0.25) is 0 Å². The number of nitrogens with one attached hydrogen (secondary N) is 1. The van der Waals surface area contributed by atoms with Gasteiger partial charge in [-0.2, -0.15) is 0 Å². The van der Waals surface area contributed by atoms with Gasteiger partial charge in [0.1, 0.15) is 5.75 Å². The van der Waals surface area contributed by atoms with Crippen LogP contribution in [0.3, 0.4) is 0 Å². The first-order valence-corrected chi connectivity index (χ1v) is 7.31. The fraction of sp³-hybridized carbons (Fsp3) is 0.562. The Morgan fingerprint density at radius 3 is 2.57 bits per heavy atom. The van der Waals surface area contributed by atoms with E-state index in [2.05, 4.69) is 31.1 Å². The van der Waals surface area contributed by atoms with Crippen LogP contribution < -0.4 is 15.8 Å². The smallest absolute Gasteiger partial charge is 0.188 e.